The van der Waals surface area contributed by atoms with Crippen molar-refractivity contribution in [1.29, 1.82) is 0 Å². The molecule has 66 valence electrons. The lowest BCUT2D eigenvalue weighted by molar-refractivity contribution is 0.132. The van der Waals surface area contributed by atoms with Gasteiger partial charge in [0.25, 0.3) is 0 Å². The first kappa shape index (κ1) is 9.53. The van der Waals surface area contributed by atoms with E-state index in [4.69, 9.17) is 0 Å². The Morgan fingerprint density at radius 2 is 1.91 bits per heavy atom. The Morgan fingerprint density at radius 3 is 2.09 bits per heavy atom. The van der Waals surface area contributed by atoms with Crippen molar-refractivity contribution >= 4 is 15.9 Å². The molecule has 0 amide bonds. The Hall–Kier alpha value is 0.440. The molecule has 0 aromatic rings. The molecule has 1 aliphatic rings. The Bertz CT molecular complexity index is 139. The van der Waals surface area contributed by atoms with Crippen LogP contribution in [0.3, 0.4) is 0 Å². The third-order valence-corrected chi connectivity index (χ3v) is 3.75. The molecule has 2 atom stereocenters. The lowest BCUT2D eigenvalue weighted by Gasteiger charge is -2.36. The molecule has 1 fully saturated rings. The van der Waals surface area contributed by atoms with E-state index in [0.29, 0.717) is 16.4 Å². The molecule has 0 N–H and O–H groups in total. The Labute approximate surface area is 78.3 Å². The highest BCUT2D eigenvalue weighted by Crippen LogP contribution is 2.30. The van der Waals surface area contributed by atoms with E-state index in [0.717, 1.165) is 0 Å². The minimum atomic E-state index is 0.335. The fourth-order valence-corrected chi connectivity index (χ4v) is 2.34. The SMILES string of the molecule is C[C@H]1[C@@H](Br)CCN1C(C)(C)C. The molecule has 0 saturated carbocycles. The molecule has 2 heteroatoms. The second kappa shape index (κ2) is 3.06. The summed E-state index contributed by atoms with van der Waals surface area (Å²) < 4.78 is 0. The standard InChI is InChI=1S/C9H18BrN/c1-7-8(10)5-6-11(7)9(2,3)4/h7-8H,5-6H2,1-4H3/t7-,8-/m0/s1. The molecule has 0 aromatic heterocycles. The monoisotopic (exact) mass is 219 g/mol. The summed E-state index contributed by atoms with van der Waals surface area (Å²) in [4.78, 5) is 3.26. The summed E-state index contributed by atoms with van der Waals surface area (Å²) >= 11 is 3.69. The fourth-order valence-electron chi connectivity index (χ4n) is 1.85. The molecule has 0 radical (unpaired) electrons. The van der Waals surface area contributed by atoms with Gasteiger partial charge in [0.15, 0.2) is 0 Å². The van der Waals surface area contributed by atoms with Crippen LogP contribution >= 0.6 is 15.9 Å². The maximum atomic E-state index is 3.69. The van der Waals surface area contributed by atoms with E-state index in [1.807, 2.05) is 0 Å². The first-order chi connectivity index (χ1) is 4.93. The quantitative estimate of drug-likeness (QED) is 0.567. The van der Waals surface area contributed by atoms with Crippen LogP contribution in [0.15, 0.2) is 0 Å². The normalized spacial score (nSPS) is 34.6. The highest BCUT2D eigenvalue weighted by Gasteiger charge is 2.35. The van der Waals surface area contributed by atoms with Crippen molar-refractivity contribution < 1.29 is 0 Å². The van der Waals surface area contributed by atoms with Gasteiger partial charge in [-0.25, -0.2) is 0 Å². The minimum Gasteiger partial charge on any atom is -0.295 e. The number of alkyl halides is 1. The smallest absolute Gasteiger partial charge is 0.0311 e. The van der Waals surface area contributed by atoms with Gasteiger partial charge in [0, 0.05) is 23.0 Å². The third-order valence-electron chi connectivity index (χ3n) is 2.52. The van der Waals surface area contributed by atoms with Crippen LogP contribution in [0.25, 0.3) is 0 Å². The molecule has 1 saturated heterocycles. The van der Waals surface area contributed by atoms with E-state index >= 15 is 0 Å². The highest BCUT2D eigenvalue weighted by atomic mass is 79.9. The first-order valence-electron chi connectivity index (χ1n) is 4.34. The molecule has 0 bridgehead atoms. The van der Waals surface area contributed by atoms with Gasteiger partial charge < -0.3 is 0 Å². The second-order valence-corrected chi connectivity index (χ2v) is 5.59. The largest absolute Gasteiger partial charge is 0.295 e. The summed E-state index contributed by atoms with van der Waals surface area (Å²) in [6.45, 7) is 10.4. The minimum absolute atomic E-state index is 0.335. The van der Waals surface area contributed by atoms with Crippen LogP contribution in [-0.2, 0) is 0 Å². The first-order valence-corrected chi connectivity index (χ1v) is 5.25. The lowest BCUT2D eigenvalue weighted by atomic mass is 10.1. The number of hydrogen-bond acceptors (Lipinski definition) is 1. The van der Waals surface area contributed by atoms with Crippen LogP contribution in [0.5, 0.6) is 0 Å². The number of hydrogen-bond donors (Lipinski definition) is 0. The van der Waals surface area contributed by atoms with Gasteiger partial charge in [-0.15, -0.1) is 0 Å². The zero-order valence-electron chi connectivity index (χ0n) is 7.89. The molecule has 0 aliphatic carbocycles. The maximum Gasteiger partial charge on any atom is 0.0311 e. The Balaban J connectivity index is 2.62. The Morgan fingerprint density at radius 1 is 1.36 bits per heavy atom. The number of likely N-dealkylation sites (tertiary alicyclic amines) is 1. The van der Waals surface area contributed by atoms with Gasteiger partial charge in [-0.1, -0.05) is 15.9 Å². The summed E-state index contributed by atoms with van der Waals surface area (Å²) in [5, 5.41) is 0. The van der Waals surface area contributed by atoms with Gasteiger partial charge in [-0.05, 0) is 34.1 Å². The van der Waals surface area contributed by atoms with Crippen LogP contribution in [0.2, 0.25) is 0 Å². The van der Waals surface area contributed by atoms with E-state index < -0.39 is 0 Å². The predicted octanol–water partition coefficient (Wildman–Crippen LogP) is 2.64. The van der Waals surface area contributed by atoms with E-state index in [1.54, 1.807) is 0 Å². The van der Waals surface area contributed by atoms with Gasteiger partial charge in [-0.3, -0.25) is 4.90 Å². The number of nitrogens with zero attached hydrogens (tertiary/aromatic N) is 1. The van der Waals surface area contributed by atoms with Gasteiger partial charge in [-0.2, -0.15) is 0 Å². The second-order valence-electron chi connectivity index (χ2n) is 4.41. The van der Waals surface area contributed by atoms with E-state index in [-0.39, 0.29) is 0 Å². The lowest BCUT2D eigenvalue weighted by Crippen LogP contribution is -2.44. The maximum absolute atomic E-state index is 3.69. The summed E-state index contributed by atoms with van der Waals surface area (Å²) in [5.74, 6) is 0. The molecule has 1 rings (SSSR count). The van der Waals surface area contributed by atoms with Crippen molar-refractivity contribution in [2.24, 2.45) is 0 Å². The number of rotatable bonds is 0. The molecular formula is C9H18BrN. The highest BCUT2D eigenvalue weighted by molar-refractivity contribution is 9.09. The zero-order chi connectivity index (χ0) is 8.65. The van der Waals surface area contributed by atoms with Gasteiger partial charge in [0.2, 0.25) is 0 Å². The van der Waals surface area contributed by atoms with E-state index in [1.165, 1.54) is 13.0 Å². The van der Waals surface area contributed by atoms with Gasteiger partial charge >= 0.3 is 0 Å². The number of halogens is 1. The average Bonchev–Trinajstić information content (AvgIpc) is 2.11. The predicted molar refractivity (Wildman–Crippen MR) is 53.3 cm³/mol. The van der Waals surface area contributed by atoms with Crippen molar-refractivity contribution in [3.63, 3.8) is 0 Å². The van der Waals surface area contributed by atoms with Crippen molar-refractivity contribution in [2.45, 2.75) is 50.5 Å². The van der Waals surface area contributed by atoms with Gasteiger partial charge in [0.05, 0.1) is 0 Å². The van der Waals surface area contributed by atoms with Crippen LogP contribution in [-0.4, -0.2) is 27.9 Å². The third kappa shape index (κ3) is 1.97. The van der Waals surface area contributed by atoms with Crippen molar-refractivity contribution in [1.82, 2.24) is 4.90 Å². The van der Waals surface area contributed by atoms with Crippen molar-refractivity contribution in [3.05, 3.63) is 0 Å². The van der Waals surface area contributed by atoms with E-state index in [2.05, 4.69) is 48.5 Å². The molecule has 1 heterocycles. The summed E-state index contributed by atoms with van der Waals surface area (Å²) in [7, 11) is 0. The Kier molecular flexibility index (Phi) is 2.65. The van der Waals surface area contributed by atoms with Crippen molar-refractivity contribution in [3.8, 4) is 0 Å². The molecule has 1 aliphatic heterocycles. The van der Waals surface area contributed by atoms with Crippen LogP contribution in [0, 0.1) is 0 Å². The molecular weight excluding hydrogens is 202 g/mol. The molecule has 0 aromatic carbocycles. The van der Waals surface area contributed by atoms with Gasteiger partial charge in [0.1, 0.15) is 0 Å². The van der Waals surface area contributed by atoms with Crippen LogP contribution in [0.1, 0.15) is 34.1 Å². The average molecular weight is 220 g/mol. The van der Waals surface area contributed by atoms with E-state index in [9.17, 15) is 0 Å². The summed E-state index contributed by atoms with van der Waals surface area (Å²) in [6.07, 6.45) is 1.29. The molecule has 1 nitrogen and oxygen atoms in total. The fraction of sp³-hybridized carbons (Fsp3) is 1.00. The van der Waals surface area contributed by atoms with Crippen LogP contribution < -0.4 is 0 Å². The summed E-state index contributed by atoms with van der Waals surface area (Å²) in [5.41, 5.74) is 0.335. The summed E-state index contributed by atoms with van der Waals surface area (Å²) in [6, 6.07) is 0.690. The zero-order valence-corrected chi connectivity index (χ0v) is 9.48. The van der Waals surface area contributed by atoms with Crippen LogP contribution in [0.4, 0.5) is 0 Å². The van der Waals surface area contributed by atoms with Crippen molar-refractivity contribution in [2.75, 3.05) is 6.54 Å². The molecule has 11 heavy (non-hydrogen) atoms. The topological polar surface area (TPSA) is 3.24 Å². The molecule has 0 spiro atoms. The molecule has 0 unspecified atom stereocenters.